The molecule has 5 rings (SSSR count). The highest BCUT2D eigenvalue weighted by Crippen LogP contribution is 2.69. The lowest BCUT2D eigenvalue weighted by Gasteiger charge is -2.59. The minimum atomic E-state index is -1.26. The van der Waals surface area contributed by atoms with Crippen LogP contribution in [0, 0.1) is 40.4 Å². The monoisotopic (exact) mass is 494 g/mol. The largest absolute Gasteiger partial charge is 0.402 e. The Kier molecular flexibility index (Phi) is 6.47. The first kappa shape index (κ1) is 24.8. The first-order valence-corrected chi connectivity index (χ1v) is 17.1. The molecule has 3 nitrogen and oxygen atoms in total. The Hall–Kier alpha value is 0.127. The van der Waals surface area contributed by atoms with Gasteiger partial charge in [0.15, 0.2) is 9.04 Å². The van der Waals surface area contributed by atoms with Crippen molar-refractivity contribution < 1.29 is 14.3 Å². The molecule has 0 spiro atoms. The maximum atomic E-state index is 11.5. The van der Waals surface area contributed by atoms with E-state index in [1.807, 2.05) is 0 Å². The molecule has 4 aliphatic carbocycles. The van der Waals surface area contributed by atoms with E-state index in [1.165, 1.54) is 31.3 Å². The van der Waals surface area contributed by atoms with E-state index in [4.69, 9.17) is 20.8 Å². The highest BCUT2D eigenvalue weighted by Gasteiger charge is 2.67. The van der Waals surface area contributed by atoms with E-state index >= 15 is 0 Å². The van der Waals surface area contributed by atoms with Gasteiger partial charge in [-0.2, -0.15) is 0 Å². The molecule has 0 radical (unpaired) electrons. The molecule has 1 N–H and O–H groups in total. The lowest BCUT2D eigenvalue weighted by atomic mass is 9.46. The van der Waals surface area contributed by atoms with Crippen LogP contribution in [0.1, 0.15) is 85.5 Å². The summed E-state index contributed by atoms with van der Waals surface area (Å²) in [6, 6.07) is 0. The van der Waals surface area contributed by atoms with Crippen LogP contribution in [-0.2, 0) is 9.16 Å². The van der Waals surface area contributed by atoms with Crippen LogP contribution in [0.15, 0.2) is 11.6 Å². The SMILES string of the molecule is CCCCC(Cl)(O[SiH](C)C)C(C)[C@H]1CC[C@H]2[C@@H]3C(O)C=C4CCC5OC5[C@]4(C)[C@H]3CC[C@]12C. The van der Waals surface area contributed by atoms with Crippen LogP contribution < -0.4 is 0 Å². The van der Waals surface area contributed by atoms with Gasteiger partial charge in [-0.05, 0) is 93.5 Å². The maximum Gasteiger partial charge on any atom is 0.173 e. The van der Waals surface area contributed by atoms with Gasteiger partial charge in [0, 0.05) is 11.3 Å². The van der Waals surface area contributed by atoms with Crippen molar-refractivity contribution in [3.63, 3.8) is 0 Å². The number of aliphatic hydroxyl groups is 1. The van der Waals surface area contributed by atoms with Crippen molar-refractivity contribution in [2.24, 2.45) is 40.4 Å². The molecule has 188 valence electrons. The summed E-state index contributed by atoms with van der Waals surface area (Å²) in [5.41, 5.74) is 1.87. The third kappa shape index (κ3) is 3.75. The quantitative estimate of drug-likeness (QED) is 0.186. The Bertz CT molecular complexity index is 787. The zero-order valence-corrected chi connectivity index (χ0v) is 23.7. The first-order chi connectivity index (χ1) is 15.6. The van der Waals surface area contributed by atoms with Crippen molar-refractivity contribution in [1.82, 2.24) is 0 Å². The molecular weight excluding hydrogens is 448 g/mol. The summed E-state index contributed by atoms with van der Waals surface area (Å²) in [5, 5.41) is 10.9. The molecule has 4 fully saturated rings. The molecule has 0 amide bonds. The number of halogens is 1. The van der Waals surface area contributed by atoms with Gasteiger partial charge in [-0.3, -0.25) is 0 Å². The van der Waals surface area contributed by atoms with Gasteiger partial charge in [0.25, 0.3) is 0 Å². The van der Waals surface area contributed by atoms with Crippen LogP contribution in [0.4, 0.5) is 0 Å². The van der Waals surface area contributed by atoms with Crippen LogP contribution >= 0.6 is 11.6 Å². The van der Waals surface area contributed by atoms with Gasteiger partial charge in [-0.1, -0.05) is 57.4 Å². The van der Waals surface area contributed by atoms with Crippen molar-refractivity contribution in [3.05, 3.63) is 11.6 Å². The summed E-state index contributed by atoms with van der Waals surface area (Å²) < 4.78 is 12.8. The molecule has 1 saturated heterocycles. The number of hydrogen-bond donors (Lipinski definition) is 1. The van der Waals surface area contributed by atoms with Gasteiger partial charge in [0.1, 0.15) is 5.06 Å². The Labute approximate surface area is 208 Å². The lowest BCUT2D eigenvalue weighted by molar-refractivity contribution is -0.101. The second-order valence-electron chi connectivity index (χ2n) is 13.0. The average molecular weight is 495 g/mol. The van der Waals surface area contributed by atoms with Crippen molar-refractivity contribution in [2.75, 3.05) is 0 Å². The zero-order valence-electron chi connectivity index (χ0n) is 21.8. The van der Waals surface area contributed by atoms with E-state index in [0.29, 0.717) is 41.8 Å². The van der Waals surface area contributed by atoms with Gasteiger partial charge in [0.05, 0.1) is 18.3 Å². The maximum absolute atomic E-state index is 11.5. The standard InChI is InChI=1S/C28H47ClO3Si/c1-7-8-14-28(29,32-33(5)6)17(2)19-10-11-20-24-21(13-15-26(19,20)3)27(4)18(16-22(24)30)9-12-23-25(27)31-23/h16-17,19-25,30,33H,7-15H2,1-6H3/t17?,19-,20+,21+,22?,23?,24+,25?,26-,27+,28?/m1/s1. The molecule has 3 saturated carbocycles. The van der Waals surface area contributed by atoms with Gasteiger partial charge in [0.2, 0.25) is 0 Å². The van der Waals surface area contributed by atoms with Crippen LogP contribution in [0.5, 0.6) is 0 Å². The fourth-order valence-corrected chi connectivity index (χ4v) is 11.3. The van der Waals surface area contributed by atoms with Crippen molar-refractivity contribution >= 4 is 20.6 Å². The zero-order chi connectivity index (χ0) is 23.8. The van der Waals surface area contributed by atoms with Crippen LogP contribution in [0.2, 0.25) is 13.1 Å². The normalized spacial score (nSPS) is 48.8. The van der Waals surface area contributed by atoms with Gasteiger partial charge >= 0.3 is 0 Å². The molecule has 33 heavy (non-hydrogen) atoms. The highest BCUT2D eigenvalue weighted by atomic mass is 35.5. The van der Waals surface area contributed by atoms with E-state index < -0.39 is 14.1 Å². The Morgan fingerprint density at radius 2 is 2.00 bits per heavy atom. The predicted molar refractivity (Wildman–Crippen MR) is 138 cm³/mol. The summed E-state index contributed by atoms with van der Waals surface area (Å²) in [6.45, 7) is 14.1. The molecule has 0 aromatic heterocycles. The predicted octanol–water partition coefficient (Wildman–Crippen LogP) is 6.67. The summed E-state index contributed by atoms with van der Waals surface area (Å²) in [6.07, 6.45) is 13.2. The molecule has 1 aliphatic heterocycles. The smallest absolute Gasteiger partial charge is 0.173 e. The number of rotatable bonds is 7. The molecule has 5 aliphatic rings. The van der Waals surface area contributed by atoms with Crippen molar-refractivity contribution in [2.45, 2.75) is 122 Å². The van der Waals surface area contributed by atoms with Gasteiger partial charge < -0.3 is 14.3 Å². The Morgan fingerprint density at radius 3 is 2.70 bits per heavy atom. The molecular formula is C28H47ClO3Si. The molecule has 0 aromatic carbocycles. The van der Waals surface area contributed by atoms with Crippen LogP contribution in [0.3, 0.4) is 0 Å². The average Bonchev–Trinajstić information content (AvgIpc) is 3.47. The minimum Gasteiger partial charge on any atom is -0.402 e. The molecule has 0 aromatic rings. The number of hydrogen-bond acceptors (Lipinski definition) is 3. The summed E-state index contributed by atoms with van der Waals surface area (Å²) in [4.78, 5) is 0. The summed E-state index contributed by atoms with van der Waals surface area (Å²) in [7, 11) is -1.26. The lowest BCUT2D eigenvalue weighted by Crippen LogP contribution is -2.56. The number of aliphatic hydroxyl groups excluding tert-OH is 1. The van der Waals surface area contributed by atoms with Crippen LogP contribution in [0.25, 0.3) is 0 Å². The Balaban J connectivity index is 1.43. The molecule has 5 unspecified atom stereocenters. The second-order valence-corrected chi connectivity index (χ2v) is 15.9. The number of ether oxygens (including phenoxy) is 1. The number of unbranched alkanes of at least 4 members (excludes halogenated alkanes) is 1. The number of alkyl halides is 1. The highest BCUT2D eigenvalue weighted by molar-refractivity contribution is 6.49. The number of fused-ring (bicyclic) bond motifs is 7. The Morgan fingerprint density at radius 1 is 1.24 bits per heavy atom. The second kappa shape index (κ2) is 8.61. The molecule has 0 bridgehead atoms. The van der Waals surface area contributed by atoms with E-state index in [2.05, 4.69) is 46.9 Å². The summed E-state index contributed by atoms with van der Waals surface area (Å²) >= 11 is 7.38. The fourth-order valence-electron chi connectivity index (χ4n) is 9.41. The summed E-state index contributed by atoms with van der Waals surface area (Å²) in [5.74, 6) is 2.37. The van der Waals surface area contributed by atoms with Crippen molar-refractivity contribution in [1.29, 1.82) is 0 Å². The van der Waals surface area contributed by atoms with Crippen LogP contribution in [-0.4, -0.2) is 37.5 Å². The third-order valence-electron chi connectivity index (χ3n) is 11.1. The molecule has 11 atom stereocenters. The third-order valence-corrected chi connectivity index (χ3v) is 12.8. The number of epoxide rings is 1. The molecule has 1 heterocycles. The first-order valence-electron chi connectivity index (χ1n) is 14.0. The van der Waals surface area contributed by atoms with E-state index in [-0.39, 0.29) is 16.9 Å². The molecule has 5 heteroatoms. The fraction of sp³-hybridized carbons (Fsp3) is 0.929. The van der Waals surface area contributed by atoms with E-state index in [9.17, 15) is 5.11 Å². The topological polar surface area (TPSA) is 42.0 Å². The van der Waals surface area contributed by atoms with E-state index in [0.717, 1.165) is 32.1 Å². The minimum absolute atomic E-state index is 0.140. The van der Waals surface area contributed by atoms with Gasteiger partial charge in [-0.15, -0.1) is 0 Å². The van der Waals surface area contributed by atoms with Crippen molar-refractivity contribution in [3.8, 4) is 0 Å². The van der Waals surface area contributed by atoms with Gasteiger partial charge in [-0.25, -0.2) is 0 Å². The van der Waals surface area contributed by atoms with E-state index in [1.54, 1.807) is 0 Å².